The van der Waals surface area contributed by atoms with Crippen LogP contribution in [-0.4, -0.2) is 32.2 Å². The van der Waals surface area contributed by atoms with Crippen molar-refractivity contribution >= 4 is 32.4 Å². The van der Waals surface area contributed by atoms with E-state index in [1.165, 1.54) is 12.8 Å². The van der Waals surface area contributed by atoms with Crippen LogP contribution in [0, 0.1) is 0 Å². The Morgan fingerprint density at radius 3 is 2.23 bits per heavy atom. The van der Waals surface area contributed by atoms with Crippen LogP contribution in [0.2, 0.25) is 5.02 Å². The van der Waals surface area contributed by atoms with Gasteiger partial charge in [-0.15, -0.1) is 4.40 Å². The summed E-state index contributed by atoms with van der Waals surface area (Å²) in [5.41, 5.74) is 1.39. The van der Waals surface area contributed by atoms with Gasteiger partial charge in [0.2, 0.25) is 0 Å². The van der Waals surface area contributed by atoms with Gasteiger partial charge in [-0.3, -0.25) is 0 Å². The van der Waals surface area contributed by atoms with Crippen molar-refractivity contribution in [3.63, 3.8) is 0 Å². The third-order valence-corrected chi connectivity index (χ3v) is 5.88. The largest absolute Gasteiger partial charge is 0.356 e. The van der Waals surface area contributed by atoms with Gasteiger partial charge in [0, 0.05) is 23.7 Å². The molecule has 3 rings (SSSR count). The minimum Gasteiger partial charge on any atom is -0.356 e. The Hall–Kier alpha value is -1.33. The normalized spacial score (nSPS) is 21.7. The van der Waals surface area contributed by atoms with Crippen molar-refractivity contribution in [3.05, 3.63) is 40.4 Å². The van der Waals surface area contributed by atoms with Crippen LogP contribution in [0.5, 0.6) is 0 Å². The molecule has 2 heterocycles. The second-order valence-corrected chi connectivity index (χ2v) is 7.73. The number of amidine groups is 1. The number of halogens is 1. The molecular weight excluding hydrogens is 320 g/mol. The molecule has 0 unspecified atom stereocenters. The van der Waals surface area contributed by atoms with Crippen molar-refractivity contribution < 1.29 is 8.42 Å². The van der Waals surface area contributed by atoms with Crippen LogP contribution in [0.1, 0.15) is 38.2 Å². The Morgan fingerprint density at radius 1 is 1.05 bits per heavy atom. The van der Waals surface area contributed by atoms with Crippen LogP contribution in [-0.2, 0) is 10.0 Å². The number of likely N-dealkylation sites (tertiary alicyclic amines) is 1. The van der Waals surface area contributed by atoms with Crippen molar-refractivity contribution in [1.82, 2.24) is 4.90 Å². The minimum atomic E-state index is -3.63. The van der Waals surface area contributed by atoms with Gasteiger partial charge in [-0.25, -0.2) is 0 Å². The topological polar surface area (TPSA) is 49.7 Å². The van der Waals surface area contributed by atoms with Crippen molar-refractivity contribution in [2.75, 3.05) is 13.1 Å². The summed E-state index contributed by atoms with van der Waals surface area (Å²) in [5.74, 6) is 0.617. The van der Waals surface area contributed by atoms with Crippen LogP contribution < -0.4 is 0 Å². The van der Waals surface area contributed by atoms with Gasteiger partial charge in [0.1, 0.15) is 10.7 Å². The maximum atomic E-state index is 12.5. The molecular formula is C16H19ClN2O2S. The number of sulfonamides is 1. The van der Waals surface area contributed by atoms with Gasteiger partial charge in [-0.2, -0.15) is 8.42 Å². The van der Waals surface area contributed by atoms with Gasteiger partial charge in [-0.05, 0) is 37.5 Å². The molecule has 0 aromatic heterocycles. The summed E-state index contributed by atoms with van der Waals surface area (Å²) in [7, 11) is -3.63. The zero-order valence-electron chi connectivity index (χ0n) is 12.5. The zero-order chi connectivity index (χ0) is 15.7. The first-order valence-corrected chi connectivity index (χ1v) is 9.38. The van der Waals surface area contributed by atoms with Crippen LogP contribution in [0.3, 0.4) is 0 Å². The lowest BCUT2D eigenvalue weighted by molar-refractivity contribution is 0.436. The number of nitrogens with zero attached hydrogens (tertiary/aromatic N) is 2. The lowest BCUT2D eigenvalue weighted by atomic mass is 10.1. The average molecular weight is 339 g/mol. The summed E-state index contributed by atoms with van der Waals surface area (Å²) < 4.78 is 29.0. The molecule has 0 N–H and O–H groups in total. The molecule has 1 aromatic rings. The lowest BCUT2D eigenvalue weighted by Gasteiger charge is -2.22. The quantitative estimate of drug-likeness (QED) is 0.784. The predicted octanol–water partition coefficient (Wildman–Crippen LogP) is 3.69. The number of hydrogen-bond donors (Lipinski definition) is 0. The molecule has 0 aliphatic carbocycles. The first-order chi connectivity index (χ1) is 10.5. The highest BCUT2D eigenvalue weighted by Crippen LogP contribution is 2.34. The molecule has 1 aromatic carbocycles. The molecule has 0 bridgehead atoms. The number of benzene rings is 1. The van der Waals surface area contributed by atoms with Gasteiger partial charge in [0.05, 0.1) is 0 Å². The highest BCUT2D eigenvalue weighted by atomic mass is 35.5. The highest BCUT2D eigenvalue weighted by Gasteiger charge is 2.33. The van der Waals surface area contributed by atoms with Crippen molar-refractivity contribution in [1.29, 1.82) is 0 Å². The molecule has 4 nitrogen and oxygen atoms in total. The second kappa shape index (κ2) is 6.05. The molecule has 0 radical (unpaired) electrons. The molecule has 22 heavy (non-hydrogen) atoms. The van der Waals surface area contributed by atoms with E-state index >= 15 is 0 Å². The molecule has 0 atom stereocenters. The molecule has 0 amide bonds. The first kappa shape index (κ1) is 15.6. The first-order valence-electron chi connectivity index (χ1n) is 7.56. The SMILES string of the molecule is CC1=C(c2ccc(Cl)cc2)S(=O)(=O)N=C1N1CCCCCC1. The monoisotopic (exact) mass is 338 g/mol. The van der Waals surface area contributed by atoms with E-state index in [4.69, 9.17) is 11.6 Å². The van der Waals surface area contributed by atoms with E-state index < -0.39 is 10.0 Å². The zero-order valence-corrected chi connectivity index (χ0v) is 14.1. The lowest BCUT2D eigenvalue weighted by Crippen LogP contribution is -2.31. The maximum Gasteiger partial charge on any atom is 0.285 e. The minimum absolute atomic E-state index is 0.309. The smallest absolute Gasteiger partial charge is 0.285 e. The van der Waals surface area contributed by atoms with Crippen molar-refractivity contribution in [3.8, 4) is 0 Å². The fourth-order valence-corrected chi connectivity index (χ4v) is 4.68. The van der Waals surface area contributed by atoms with Gasteiger partial charge in [0.25, 0.3) is 10.0 Å². The van der Waals surface area contributed by atoms with E-state index in [-0.39, 0.29) is 0 Å². The molecule has 0 spiro atoms. The summed E-state index contributed by atoms with van der Waals surface area (Å²) in [4.78, 5) is 2.42. The van der Waals surface area contributed by atoms with E-state index in [1.807, 2.05) is 6.92 Å². The molecule has 6 heteroatoms. The number of hydrogen-bond acceptors (Lipinski definition) is 3. The molecule has 2 aliphatic rings. The Balaban J connectivity index is 2.01. The Kier molecular flexibility index (Phi) is 4.28. The van der Waals surface area contributed by atoms with Gasteiger partial charge >= 0.3 is 0 Å². The molecule has 2 aliphatic heterocycles. The van der Waals surface area contributed by atoms with E-state index in [9.17, 15) is 8.42 Å². The van der Waals surface area contributed by atoms with Crippen LogP contribution in [0.25, 0.3) is 4.91 Å². The maximum absolute atomic E-state index is 12.5. The Bertz CT molecular complexity index is 728. The van der Waals surface area contributed by atoms with E-state index in [1.54, 1.807) is 24.3 Å². The number of rotatable bonds is 1. The van der Waals surface area contributed by atoms with Crippen LogP contribution in [0.4, 0.5) is 0 Å². The summed E-state index contributed by atoms with van der Waals surface area (Å²) in [6.07, 6.45) is 4.57. The molecule has 118 valence electrons. The van der Waals surface area contributed by atoms with Crippen molar-refractivity contribution in [2.45, 2.75) is 32.6 Å². The summed E-state index contributed by atoms with van der Waals surface area (Å²) in [6.45, 7) is 3.59. The molecule has 1 fully saturated rings. The van der Waals surface area contributed by atoms with E-state index in [0.717, 1.165) is 31.5 Å². The summed E-state index contributed by atoms with van der Waals surface area (Å²) in [6, 6.07) is 6.88. The third-order valence-electron chi connectivity index (χ3n) is 4.15. The van der Waals surface area contributed by atoms with Crippen LogP contribution >= 0.6 is 11.6 Å². The van der Waals surface area contributed by atoms with Crippen LogP contribution in [0.15, 0.2) is 34.2 Å². The van der Waals surface area contributed by atoms with Gasteiger partial charge in [-0.1, -0.05) is 36.6 Å². The van der Waals surface area contributed by atoms with Gasteiger partial charge < -0.3 is 4.90 Å². The van der Waals surface area contributed by atoms with Gasteiger partial charge in [0.15, 0.2) is 0 Å². The van der Waals surface area contributed by atoms with E-state index in [2.05, 4.69) is 9.30 Å². The second-order valence-electron chi connectivity index (χ2n) is 5.75. The fraction of sp³-hybridized carbons (Fsp3) is 0.438. The highest BCUT2D eigenvalue weighted by molar-refractivity contribution is 8.00. The van der Waals surface area contributed by atoms with E-state index in [0.29, 0.717) is 21.3 Å². The summed E-state index contributed by atoms with van der Waals surface area (Å²) >= 11 is 5.89. The predicted molar refractivity (Wildman–Crippen MR) is 90.4 cm³/mol. The van der Waals surface area contributed by atoms with Crippen molar-refractivity contribution in [2.24, 2.45) is 4.40 Å². The summed E-state index contributed by atoms with van der Waals surface area (Å²) in [5, 5.41) is 0.589. The fourth-order valence-electron chi connectivity index (χ4n) is 3.07. The molecule has 1 saturated heterocycles. The third kappa shape index (κ3) is 2.92. The Morgan fingerprint density at radius 2 is 1.64 bits per heavy atom. The standard InChI is InChI=1S/C16H19ClN2O2S/c1-12-15(13-6-8-14(17)9-7-13)22(20,21)18-16(12)19-10-4-2-3-5-11-19/h6-9H,2-5,10-11H2,1H3. The Labute approximate surface area is 136 Å². The average Bonchev–Trinajstić information content (AvgIpc) is 2.67. The molecule has 0 saturated carbocycles.